The fourth-order valence-electron chi connectivity index (χ4n) is 2.72. The number of hydrogen-bond donors (Lipinski definition) is 1. The lowest BCUT2D eigenvalue weighted by molar-refractivity contribution is -0.0720. The largest absolute Gasteiger partial charge is 0.486 e. The second-order valence-corrected chi connectivity index (χ2v) is 7.00. The zero-order chi connectivity index (χ0) is 16.4. The Morgan fingerprint density at radius 2 is 1.91 bits per heavy atom. The SMILES string of the molecule is CSc1cc2c(cc1NC(=O)N1CCOC(C)(C)C1)OCCO2. The van der Waals surface area contributed by atoms with Gasteiger partial charge in [-0.1, -0.05) is 0 Å². The molecular formula is C16H22N2O4S. The Kier molecular flexibility index (Phi) is 4.59. The van der Waals surface area contributed by atoms with Crippen molar-refractivity contribution >= 4 is 23.5 Å². The van der Waals surface area contributed by atoms with Crippen molar-refractivity contribution in [1.29, 1.82) is 0 Å². The van der Waals surface area contributed by atoms with E-state index in [0.29, 0.717) is 38.7 Å². The fourth-order valence-corrected chi connectivity index (χ4v) is 3.28. The van der Waals surface area contributed by atoms with Crippen molar-refractivity contribution < 1.29 is 19.0 Å². The van der Waals surface area contributed by atoms with E-state index in [9.17, 15) is 4.79 Å². The van der Waals surface area contributed by atoms with Crippen LogP contribution in [0, 0.1) is 0 Å². The highest BCUT2D eigenvalue weighted by molar-refractivity contribution is 7.98. The van der Waals surface area contributed by atoms with Gasteiger partial charge in [-0.25, -0.2) is 4.79 Å². The first-order chi connectivity index (χ1) is 11.0. The molecule has 7 heteroatoms. The van der Waals surface area contributed by atoms with E-state index in [4.69, 9.17) is 14.2 Å². The van der Waals surface area contributed by atoms with E-state index in [-0.39, 0.29) is 11.6 Å². The van der Waals surface area contributed by atoms with E-state index in [1.807, 2.05) is 32.2 Å². The number of thioether (sulfide) groups is 1. The number of amides is 2. The van der Waals surface area contributed by atoms with Crippen LogP contribution in [0.15, 0.2) is 17.0 Å². The zero-order valence-corrected chi connectivity index (χ0v) is 14.5. The Hall–Kier alpha value is -1.60. The molecule has 0 atom stereocenters. The molecule has 23 heavy (non-hydrogen) atoms. The van der Waals surface area contributed by atoms with Crippen molar-refractivity contribution in [2.45, 2.75) is 24.3 Å². The fraction of sp³-hybridized carbons (Fsp3) is 0.562. The molecule has 1 aromatic rings. The molecule has 2 amide bonds. The van der Waals surface area contributed by atoms with Gasteiger partial charge >= 0.3 is 6.03 Å². The van der Waals surface area contributed by atoms with Crippen molar-refractivity contribution in [2.75, 3.05) is 44.5 Å². The number of urea groups is 1. The summed E-state index contributed by atoms with van der Waals surface area (Å²) in [7, 11) is 0. The molecule has 2 aliphatic rings. The summed E-state index contributed by atoms with van der Waals surface area (Å²) in [4.78, 5) is 15.3. The van der Waals surface area contributed by atoms with Gasteiger partial charge in [-0.05, 0) is 26.2 Å². The summed E-state index contributed by atoms with van der Waals surface area (Å²) in [5, 5.41) is 2.99. The normalized spacial score (nSPS) is 19.3. The van der Waals surface area contributed by atoms with Crippen LogP contribution in [0.2, 0.25) is 0 Å². The Morgan fingerprint density at radius 1 is 1.22 bits per heavy atom. The van der Waals surface area contributed by atoms with Crippen molar-refractivity contribution in [3.8, 4) is 11.5 Å². The average molecular weight is 338 g/mol. The van der Waals surface area contributed by atoms with Gasteiger partial charge in [0.25, 0.3) is 0 Å². The molecule has 1 fully saturated rings. The molecule has 3 rings (SSSR count). The van der Waals surface area contributed by atoms with Gasteiger partial charge in [0.15, 0.2) is 11.5 Å². The third kappa shape index (κ3) is 3.67. The molecular weight excluding hydrogens is 316 g/mol. The molecule has 6 nitrogen and oxygen atoms in total. The van der Waals surface area contributed by atoms with E-state index in [2.05, 4.69) is 5.32 Å². The number of nitrogens with zero attached hydrogens (tertiary/aromatic N) is 1. The highest BCUT2D eigenvalue weighted by Gasteiger charge is 2.30. The number of nitrogens with one attached hydrogen (secondary N) is 1. The van der Waals surface area contributed by atoms with Crippen LogP contribution < -0.4 is 14.8 Å². The summed E-state index contributed by atoms with van der Waals surface area (Å²) in [6.07, 6.45) is 1.97. The van der Waals surface area contributed by atoms with Crippen molar-refractivity contribution in [3.05, 3.63) is 12.1 Å². The van der Waals surface area contributed by atoms with Crippen molar-refractivity contribution in [3.63, 3.8) is 0 Å². The Balaban J connectivity index is 1.77. The molecule has 0 aliphatic carbocycles. The number of ether oxygens (including phenoxy) is 3. The minimum Gasteiger partial charge on any atom is -0.486 e. The number of morpholine rings is 1. The standard InChI is InChI=1S/C16H22N2O4S/c1-16(2)10-18(4-5-22-16)15(19)17-11-8-12-13(9-14(11)23-3)21-7-6-20-12/h8-9H,4-7,10H2,1-3H3,(H,17,19). The topological polar surface area (TPSA) is 60.0 Å². The summed E-state index contributed by atoms with van der Waals surface area (Å²) < 4.78 is 16.8. The van der Waals surface area contributed by atoms with Gasteiger partial charge in [0.2, 0.25) is 0 Å². The highest BCUT2D eigenvalue weighted by Crippen LogP contribution is 2.39. The van der Waals surface area contributed by atoms with Crippen LogP contribution in [-0.2, 0) is 4.74 Å². The second-order valence-electron chi connectivity index (χ2n) is 6.16. The number of hydrogen-bond acceptors (Lipinski definition) is 5. The van der Waals surface area contributed by atoms with Crippen molar-refractivity contribution in [2.24, 2.45) is 0 Å². The second kappa shape index (κ2) is 6.49. The van der Waals surface area contributed by atoms with Crippen LogP contribution in [0.1, 0.15) is 13.8 Å². The summed E-state index contributed by atoms with van der Waals surface area (Å²) in [6, 6.07) is 3.63. The molecule has 0 bridgehead atoms. The molecule has 1 N–H and O–H groups in total. The molecule has 126 valence electrons. The van der Waals surface area contributed by atoms with E-state index in [1.165, 1.54) is 0 Å². The van der Waals surface area contributed by atoms with Crippen LogP contribution in [-0.4, -0.2) is 55.7 Å². The molecule has 2 heterocycles. The van der Waals surface area contributed by atoms with Gasteiger partial charge in [0.1, 0.15) is 13.2 Å². The van der Waals surface area contributed by atoms with Crippen LogP contribution in [0.4, 0.5) is 10.5 Å². The molecule has 1 saturated heterocycles. The highest BCUT2D eigenvalue weighted by atomic mass is 32.2. The Morgan fingerprint density at radius 3 is 2.57 bits per heavy atom. The molecule has 0 unspecified atom stereocenters. The van der Waals surface area contributed by atoms with Gasteiger partial charge < -0.3 is 24.4 Å². The number of benzene rings is 1. The quantitative estimate of drug-likeness (QED) is 0.840. The first-order valence-corrected chi connectivity index (χ1v) is 8.88. The summed E-state index contributed by atoms with van der Waals surface area (Å²) in [5.41, 5.74) is 0.432. The lowest BCUT2D eigenvalue weighted by Crippen LogP contribution is -2.51. The first-order valence-electron chi connectivity index (χ1n) is 7.66. The van der Waals surface area contributed by atoms with Gasteiger partial charge in [-0.15, -0.1) is 11.8 Å². The number of carbonyl (C=O) groups is 1. The summed E-state index contributed by atoms with van der Waals surface area (Å²) in [6.45, 7) is 6.77. The Labute approximate surface area is 140 Å². The number of fused-ring (bicyclic) bond motifs is 1. The smallest absolute Gasteiger partial charge is 0.322 e. The number of rotatable bonds is 2. The third-order valence-electron chi connectivity index (χ3n) is 3.82. The van der Waals surface area contributed by atoms with Crippen LogP contribution in [0.3, 0.4) is 0 Å². The van der Waals surface area contributed by atoms with Crippen molar-refractivity contribution in [1.82, 2.24) is 4.90 Å². The van der Waals surface area contributed by atoms with Gasteiger partial charge in [0, 0.05) is 17.5 Å². The minimum atomic E-state index is -0.315. The van der Waals surface area contributed by atoms with Crippen LogP contribution in [0.5, 0.6) is 11.5 Å². The van der Waals surface area contributed by atoms with E-state index in [1.54, 1.807) is 16.7 Å². The molecule has 0 aromatic heterocycles. The van der Waals surface area contributed by atoms with Gasteiger partial charge in [-0.2, -0.15) is 0 Å². The van der Waals surface area contributed by atoms with E-state index >= 15 is 0 Å². The maximum Gasteiger partial charge on any atom is 0.322 e. The monoisotopic (exact) mass is 338 g/mol. The lowest BCUT2D eigenvalue weighted by atomic mass is 10.1. The zero-order valence-electron chi connectivity index (χ0n) is 13.7. The minimum absolute atomic E-state index is 0.117. The predicted molar refractivity (Wildman–Crippen MR) is 89.8 cm³/mol. The number of carbonyl (C=O) groups excluding carboxylic acids is 1. The molecule has 0 saturated carbocycles. The first kappa shape index (κ1) is 16.3. The predicted octanol–water partition coefficient (Wildman–Crippen LogP) is 2.82. The van der Waals surface area contributed by atoms with E-state index < -0.39 is 0 Å². The lowest BCUT2D eigenvalue weighted by Gasteiger charge is -2.38. The maximum atomic E-state index is 12.6. The Bertz CT molecular complexity index is 606. The average Bonchev–Trinajstić information content (AvgIpc) is 2.53. The number of anilines is 1. The van der Waals surface area contributed by atoms with E-state index in [0.717, 1.165) is 16.3 Å². The van der Waals surface area contributed by atoms with Gasteiger partial charge in [0.05, 0.1) is 24.4 Å². The molecule has 0 radical (unpaired) electrons. The summed E-state index contributed by atoms with van der Waals surface area (Å²) >= 11 is 1.56. The molecule has 0 spiro atoms. The summed E-state index contributed by atoms with van der Waals surface area (Å²) in [5.74, 6) is 1.40. The van der Waals surface area contributed by atoms with Gasteiger partial charge in [-0.3, -0.25) is 0 Å². The van der Waals surface area contributed by atoms with Crippen LogP contribution in [0.25, 0.3) is 0 Å². The third-order valence-corrected chi connectivity index (χ3v) is 4.60. The maximum absolute atomic E-state index is 12.6. The molecule has 2 aliphatic heterocycles. The molecule has 1 aromatic carbocycles. The van der Waals surface area contributed by atoms with Crippen LogP contribution >= 0.6 is 11.8 Å².